The number of carbonyl (C=O) groups excluding carboxylic acids is 1. The highest BCUT2D eigenvalue weighted by molar-refractivity contribution is 6.48. The lowest BCUT2D eigenvalue weighted by Gasteiger charge is -2.52. The van der Waals surface area contributed by atoms with Gasteiger partial charge in [-0.2, -0.15) is 0 Å². The zero-order valence-corrected chi connectivity index (χ0v) is 25.6. The summed E-state index contributed by atoms with van der Waals surface area (Å²) in [4.78, 5) is 17.1. The molecular weight excluding hydrogens is 534 g/mol. The summed E-state index contributed by atoms with van der Waals surface area (Å²) >= 11 is 13.3. The molecular formula is C32H48Cl2FN2O2+. The van der Waals surface area contributed by atoms with Crippen LogP contribution < -0.4 is 0 Å². The van der Waals surface area contributed by atoms with E-state index in [0.29, 0.717) is 30.7 Å². The van der Waals surface area contributed by atoms with Gasteiger partial charge in [-0.1, -0.05) is 0 Å². The number of aliphatic hydroxyl groups is 1. The van der Waals surface area contributed by atoms with Crippen molar-refractivity contribution in [3.8, 4) is 0 Å². The van der Waals surface area contributed by atoms with E-state index in [-0.39, 0.29) is 34.2 Å². The second kappa shape index (κ2) is 9.99. The van der Waals surface area contributed by atoms with Crippen LogP contribution in [0.1, 0.15) is 104 Å². The van der Waals surface area contributed by atoms with Gasteiger partial charge in [-0.3, -0.25) is 9.28 Å². The van der Waals surface area contributed by atoms with Crippen LogP contribution in [0.4, 0.5) is 4.39 Å². The number of allylic oxidation sites excluding steroid dienone is 1. The van der Waals surface area contributed by atoms with Crippen molar-refractivity contribution >= 4 is 29.1 Å². The lowest BCUT2D eigenvalue weighted by Crippen LogP contribution is -2.52. The molecule has 39 heavy (non-hydrogen) atoms. The number of nitrogens with zero attached hydrogens (tertiary/aromatic N) is 2. The summed E-state index contributed by atoms with van der Waals surface area (Å²) in [5, 5.41) is 10.1. The van der Waals surface area contributed by atoms with Gasteiger partial charge in [-0.25, -0.2) is 4.39 Å². The van der Waals surface area contributed by atoms with Crippen molar-refractivity contribution in [1.82, 2.24) is 4.90 Å². The Hall–Kier alpha value is -0.620. The Morgan fingerprint density at radius 3 is 1.92 bits per heavy atom. The maximum atomic E-state index is 16.6. The van der Waals surface area contributed by atoms with Crippen LogP contribution in [0.15, 0.2) is 23.0 Å². The van der Waals surface area contributed by atoms with Gasteiger partial charge < -0.3 is 10.0 Å². The van der Waals surface area contributed by atoms with Crippen molar-refractivity contribution in [2.24, 2.45) is 22.7 Å². The molecule has 0 aromatic heterocycles. The Kier molecular flexibility index (Phi) is 7.30. The number of alkyl halides is 3. The number of rotatable bonds is 8. The highest BCUT2D eigenvalue weighted by Crippen LogP contribution is 2.57. The van der Waals surface area contributed by atoms with Crippen molar-refractivity contribution in [2.45, 2.75) is 114 Å². The molecule has 1 N–H and O–H groups in total. The number of carbonyl (C=O) groups is 1. The fourth-order valence-electron chi connectivity index (χ4n) is 9.79. The normalized spacial score (nSPS) is 42.5. The number of halogens is 3. The third-order valence-corrected chi connectivity index (χ3v) is 12.7. The van der Waals surface area contributed by atoms with Gasteiger partial charge in [-0.15, -0.1) is 23.2 Å². The maximum Gasteiger partial charge on any atom is 0.259 e. The monoisotopic (exact) mass is 581 g/mol. The Morgan fingerprint density at radius 2 is 1.49 bits per heavy atom. The van der Waals surface area contributed by atoms with Crippen LogP contribution in [0.5, 0.6) is 0 Å². The fraction of sp³-hybridized carbons (Fsp3) is 0.844. The van der Waals surface area contributed by atoms with E-state index in [1.54, 1.807) is 6.92 Å². The molecule has 2 atom stereocenters. The van der Waals surface area contributed by atoms with Gasteiger partial charge in [0.15, 0.2) is 0 Å². The molecule has 2 unspecified atom stereocenters. The predicted octanol–water partition coefficient (Wildman–Crippen LogP) is 7.43. The molecule has 0 aromatic carbocycles. The zero-order valence-electron chi connectivity index (χ0n) is 24.1. The minimum Gasteiger partial charge on any atom is -0.390 e. The molecule has 0 aromatic rings. The highest BCUT2D eigenvalue weighted by Gasteiger charge is 2.58. The van der Waals surface area contributed by atoms with Gasteiger partial charge in [0.25, 0.3) is 5.91 Å². The number of likely N-dealkylation sites (N-methyl/N-ethyl adjacent to an activating group) is 1. The van der Waals surface area contributed by atoms with Crippen LogP contribution in [-0.2, 0) is 4.79 Å². The second-order valence-corrected chi connectivity index (χ2v) is 16.3. The van der Waals surface area contributed by atoms with E-state index in [0.717, 1.165) is 30.6 Å². The average Bonchev–Trinajstić information content (AvgIpc) is 3.23. The van der Waals surface area contributed by atoms with E-state index in [9.17, 15) is 9.90 Å². The topological polar surface area (TPSA) is 40.5 Å². The van der Waals surface area contributed by atoms with E-state index in [2.05, 4.69) is 4.90 Å². The van der Waals surface area contributed by atoms with Crippen LogP contribution >= 0.6 is 23.2 Å². The summed E-state index contributed by atoms with van der Waals surface area (Å²) in [5.41, 5.74) is 0.395. The third-order valence-electron chi connectivity index (χ3n) is 12.1. The Morgan fingerprint density at radius 1 is 1.00 bits per heavy atom. The number of amides is 1. The van der Waals surface area contributed by atoms with Crippen molar-refractivity contribution in [3.63, 3.8) is 0 Å². The molecule has 8 rings (SSSR count). The van der Waals surface area contributed by atoms with Crippen molar-refractivity contribution in [2.75, 3.05) is 32.8 Å². The van der Waals surface area contributed by atoms with Crippen LogP contribution in [0, 0.1) is 22.7 Å². The number of hydrogen-bond acceptors (Lipinski definition) is 2. The smallest absolute Gasteiger partial charge is 0.259 e. The molecule has 7 aliphatic carbocycles. The standard InChI is InChI=1S/C32H48Cl2FN2O2/c1-3-37(16-17-38)19-25(27-26(37)18-32(33,34)20-29(27,2)35)28(39)36(21-30-10-4-23(5-11-30)6-12-30)22-31-13-7-24(8-14-31)9-15-31/h19,23-24,38H,3-18,20-22H2,1-2H3/q+1. The number of quaternary nitrogens is 1. The molecule has 218 valence electrons. The molecule has 7 heteroatoms. The Balaban J connectivity index is 1.39. The van der Waals surface area contributed by atoms with E-state index in [4.69, 9.17) is 23.2 Å². The lowest BCUT2D eigenvalue weighted by atomic mass is 9.59. The van der Waals surface area contributed by atoms with E-state index < -0.39 is 10.0 Å². The summed E-state index contributed by atoms with van der Waals surface area (Å²) in [7, 11) is 0. The van der Waals surface area contributed by atoms with Gasteiger partial charge in [0.2, 0.25) is 0 Å². The van der Waals surface area contributed by atoms with E-state index in [1.807, 2.05) is 13.1 Å². The number of hydrogen-bond donors (Lipinski definition) is 1. The molecule has 0 spiro atoms. The quantitative estimate of drug-likeness (QED) is 0.239. The molecule has 1 heterocycles. The van der Waals surface area contributed by atoms with Crippen LogP contribution in [-0.4, -0.2) is 63.2 Å². The maximum absolute atomic E-state index is 16.6. The third kappa shape index (κ3) is 5.04. The van der Waals surface area contributed by atoms with Crippen LogP contribution in [0.25, 0.3) is 0 Å². The number of aliphatic hydroxyl groups excluding tert-OH is 1. The summed E-state index contributed by atoms with van der Waals surface area (Å²) in [5.74, 6) is 1.74. The number of fused-ring (bicyclic) bond motifs is 6. The SMILES string of the molecule is CC[N+]1(CCO)C=C(C(=O)N(CC23CCC(CC2)CC3)CC23CCC(CC2)CC3)C2=C1CC(Cl)(Cl)CC2(C)F. The van der Waals surface area contributed by atoms with Crippen molar-refractivity contribution in [3.05, 3.63) is 23.0 Å². The first-order chi connectivity index (χ1) is 18.4. The molecule has 1 amide bonds. The van der Waals surface area contributed by atoms with E-state index in [1.165, 1.54) is 77.0 Å². The summed E-state index contributed by atoms with van der Waals surface area (Å²) in [6.07, 6.45) is 17.2. The first-order valence-corrected chi connectivity index (χ1v) is 16.5. The lowest BCUT2D eigenvalue weighted by molar-refractivity contribution is -0.840. The molecule has 0 saturated heterocycles. The first kappa shape index (κ1) is 28.5. The van der Waals surface area contributed by atoms with Crippen LogP contribution in [0.2, 0.25) is 0 Å². The van der Waals surface area contributed by atoms with Crippen molar-refractivity contribution in [1.29, 1.82) is 0 Å². The Labute approximate surface area is 244 Å². The largest absolute Gasteiger partial charge is 0.390 e. The van der Waals surface area contributed by atoms with Gasteiger partial charge in [-0.05, 0) is 114 Å². The molecule has 0 radical (unpaired) electrons. The highest BCUT2D eigenvalue weighted by atomic mass is 35.5. The summed E-state index contributed by atoms with van der Waals surface area (Å²) in [6, 6.07) is 0. The molecule has 8 aliphatic rings. The molecule has 1 aliphatic heterocycles. The minimum atomic E-state index is -1.81. The second-order valence-electron chi connectivity index (χ2n) is 14.7. The van der Waals surface area contributed by atoms with Gasteiger partial charge >= 0.3 is 0 Å². The van der Waals surface area contributed by atoms with Crippen molar-refractivity contribution < 1.29 is 18.8 Å². The zero-order chi connectivity index (χ0) is 27.7. The van der Waals surface area contributed by atoms with Gasteiger partial charge in [0.1, 0.15) is 34.0 Å². The predicted molar refractivity (Wildman–Crippen MR) is 155 cm³/mol. The molecule has 6 saturated carbocycles. The van der Waals surface area contributed by atoms with Gasteiger partial charge in [0, 0.05) is 19.5 Å². The fourth-order valence-corrected chi connectivity index (χ4v) is 10.5. The molecule has 6 fully saturated rings. The summed E-state index contributed by atoms with van der Waals surface area (Å²) < 4.78 is 15.6. The minimum absolute atomic E-state index is 0.00134. The molecule has 4 bridgehead atoms. The first-order valence-electron chi connectivity index (χ1n) is 15.7. The average molecular weight is 583 g/mol. The van der Waals surface area contributed by atoms with E-state index >= 15 is 4.39 Å². The van der Waals surface area contributed by atoms with Crippen LogP contribution in [0.3, 0.4) is 0 Å². The molecule has 4 nitrogen and oxygen atoms in total. The van der Waals surface area contributed by atoms with Gasteiger partial charge in [0.05, 0.1) is 25.1 Å². The Bertz CT molecular complexity index is 991. The summed E-state index contributed by atoms with van der Waals surface area (Å²) in [6.45, 7) is 6.14.